The monoisotopic (exact) mass is 381 g/mol. The quantitative estimate of drug-likeness (QED) is 0.621. The lowest BCUT2D eigenvalue weighted by molar-refractivity contribution is -0.137. The number of hydrogen-bond acceptors (Lipinski definition) is 2. The molecule has 2 aromatic rings. The summed E-state index contributed by atoms with van der Waals surface area (Å²) in [7, 11) is 0. The summed E-state index contributed by atoms with van der Waals surface area (Å²) in [5, 5.41) is 1.13. The number of nitrogens with zero attached hydrogens (tertiary/aromatic N) is 1. The van der Waals surface area contributed by atoms with E-state index in [9.17, 15) is 13.2 Å². The lowest BCUT2D eigenvalue weighted by Crippen LogP contribution is -2.05. The van der Waals surface area contributed by atoms with Crippen molar-refractivity contribution < 1.29 is 13.2 Å². The van der Waals surface area contributed by atoms with Crippen molar-refractivity contribution in [2.45, 2.75) is 17.0 Å². The van der Waals surface area contributed by atoms with E-state index in [0.29, 0.717) is 15.8 Å². The SMILES string of the molecule is FC(F)(F)c1ccc(SCc2ccc(Br)cc2Cl)nc1. The predicted molar refractivity (Wildman–Crippen MR) is 78.0 cm³/mol. The molecule has 0 aliphatic heterocycles. The molecule has 7 heteroatoms. The number of hydrogen-bond donors (Lipinski definition) is 0. The summed E-state index contributed by atoms with van der Waals surface area (Å²) in [6.07, 6.45) is -3.52. The molecule has 0 aliphatic carbocycles. The number of aromatic nitrogens is 1. The third kappa shape index (κ3) is 4.14. The standard InChI is InChI=1S/C13H8BrClF3NS/c14-10-3-1-8(11(15)5-10)7-20-12-4-2-9(6-19-12)13(16,17)18/h1-6H,7H2. The van der Waals surface area contributed by atoms with Crippen LogP contribution in [0.25, 0.3) is 0 Å². The average Bonchev–Trinajstić information content (AvgIpc) is 2.37. The minimum atomic E-state index is -4.36. The van der Waals surface area contributed by atoms with E-state index in [-0.39, 0.29) is 0 Å². The molecule has 2 rings (SSSR count). The minimum Gasteiger partial charge on any atom is -0.249 e. The molecule has 0 spiro atoms. The maximum absolute atomic E-state index is 12.4. The maximum Gasteiger partial charge on any atom is 0.417 e. The molecule has 0 unspecified atom stereocenters. The van der Waals surface area contributed by atoms with Crippen molar-refractivity contribution in [1.29, 1.82) is 0 Å². The summed E-state index contributed by atoms with van der Waals surface area (Å²) in [5.41, 5.74) is 0.157. The highest BCUT2D eigenvalue weighted by molar-refractivity contribution is 9.10. The van der Waals surface area contributed by atoms with E-state index >= 15 is 0 Å². The fourth-order valence-corrected chi connectivity index (χ4v) is 3.09. The Hall–Kier alpha value is -0.720. The predicted octanol–water partition coefficient (Wildman–Crippen LogP) is 5.81. The zero-order chi connectivity index (χ0) is 14.8. The summed E-state index contributed by atoms with van der Waals surface area (Å²) in [5.74, 6) is 0.546. The molecular formula is C13H8BrClF3NS. The molecule has 0 bridgehead atoms. The first-order valence-corrected chi connectivity index (χ1v) is 7.62. The highest BCUT2D eigenvalue weighted by atomic mass is 79.9. The first kappa shape index (κ1) is 15.7. The molecule has 1 nitrogen and oxygen atoms in total. The van der Waals surface area contributed by atoms with Crippen LogP contribution in [0, 0.1) is 0 Å². The Bertz CT molecular complexity index is 602. The molecule has 106 valence electrons. The van der Waals surface area contributed by atoms with E-state index in [1.807, 2.05) is 12.1 Å². The van der Waals surface area contributed by atoms with Crippen LogP contribution in [0.4, 0.5) is 13.2 Å². The van der Waals surface area contributed by atoms with Crippen LogP contribution >= 0.6 is 39.3 Å². The summed E-state index contributed by atoms with van der Waals surface area (Å²) in [4.78, 5) is 3.80. The zero-order valence-electron chi connectivity index (χ0n) is 9.92. The van der Waals surface area contributed by atoms with Crippen molar-refractivity contribution >= 4 is 39.3 Å². The van der Waals surface area contributed by atoms with Gasteiger partial charge in [-0.3, -0.25) is 0 Å². The lowest BCUT2D eigenvalue weighted by atomic mass is 10.2. The lowest BCUT2D eigenvalue weighted by Gasteiger charge is -2.07. The van der Waals surface area contributed by atoms with Crippen molar-refractivity contribution in [2.75, 3.05) is 0 Å². The molecule has 0 saturated heterocycles. The van der Waals surface area contributed by atoms with Gasteiger partial charge in [0.15, 0.2) is 0 Å². The van der Waals surface area contributed by atoms with Crippen LogP contribution in [-0.2, 0) is 11.9 Å². The third-order valence-electron chi connectivity index (χ3n) is 2.45. The molecule has 0 atom stereocenters. The fourth-order valence-electron chi connectivity index (χ4n) is 1.42. The van der Waals surface area contributed by atoms with Crippen LogP contribution < -0.4 is 0 Å². The number of alkyl halides is 3. The summed E-state index contributed by atoms with van der Waals surface area (Å²) in [6, 6.07) is 7.89. The largest absolute Gasteiger partial charge is 0.417 e. The van der Waals surface area contributed by atoms with Gasteiger partial charge < -0.3 is 0 Å². The Morgan fingerprint density at radius 2 is 1.95 bits per heavy atom. The maximum atomic E-state index is 12.4. The van der Waals surface area contributed by atoms with Gasteiger partial charge in [0.2, 0.25) is 0 Å². The van der Waals surface area contributed by atoms with Gasteiger partial charge in [0.05, 0.1) is 10.6 Å². The van der Waals surface area contributed by atoms with Gasteiger partial charge in [-0.1, -0.05) is 33.6 Å². The zero-order valence-corrected chi connectivity index (χ0v) is 13.1. The van der Waals surface area contributed by atoms with Gasteiger partial charge in [0.25, 0.3) is 0 Å². The molecule has 1 heterocycles. The van der Waals surface area contributed by atoms with Crippen LogP contribution in [0.1, 0.15) is 11.1 Å². The van der Waals surface area contributed by atoms with Gasteiger partial charge in [-0.05, 0) is 29.8 Å². The molecule has 0 N–H and O–H groups in total. The smallest absolute Gasteiger partial charge is 0.249 e. The van der Waals surface area contributed by atoms with Crippen molar-refractivity contribution in [3.05, 3.63) is 57.2 Å². The Morgan fingerprint density at radius 1 is 1.20 bits per heavy atom. The minimum absolute atomic E-state index is 0.525. The van der Waals surface area contributed by atoms with E-state index < -0.39 is 11.7 Å². The summed E-state index contributed by atoms with van der Waals surface area (Å²) >= 11 is 10.7. The Labute approximate surface area is 131 Å². The third-order valence-corrected chi connectivity index (χ3v) is 4.29. The van der Waals surface area contributed by atoms with Gasteiger partial charge >= 0.3 is 6.18 Å². The van der Waals surface area contributed by atoms with E-state index in [4.69, 9.17) is 11.6 Å². The number of pyridine rings is 1. The number of benzene rings is 1. The Kier molecular flexibility index (Phi) is 4.99. The van der Waals surface area contributed by atoms with Gasteiger partial charge in [-0.25, -0.2) is 4.98 Å². The molecule has 0 aliphatic rings. The number of halogens is 5. The van der Waals surface area contributed by atoms with Gasteiger partial charge in [-0.15, -0.1) is 11.8 Å². The van der Waals surface area contributed by atoms with Crippen molar-refractivity contribution in [3.63, 3.8) is 0 Å². The first-order chi connectivity index (χ1) is 9.36. The van der Waals surface area contributed by atoms with Crippen LogP contribution in [0.2, 0.25) is 5.02 Å². The molecule has 20 heavy (non-hydrogen) atoms. The Morgan fingerprint density at radius 3 is 2.50 bits per heavy atom. The highest BCUT2D eigenvalue weighted by Gasteiger charge is 2.30. The molecule has 0 amide bonds. The highest BCUT2D eigenvalue weighted by Crippen LogP contribution is 2.31. The van der Waals surface area contributed by atoms with E-state index in [2.05, 4.69) is 20.9 Å². The molecule has 1 aromatic heterocycles. The summed E-state index contributed by atoms with van der Waals surface area (Å²) in [6.45, 7) is 0. The second kappa shape index (κ2) is 6.37. The molecule has 0 fully saturated rings. The van der Waals surface area contributed by atoms with Crippen LogP contribution in [0.5, 0.6) is 0 Å². The van der Waals surface area contributed by atoms with E-state index in [1.165, 1.54) is 17.8 Å². The van der Waals surface area contributed by atoms with Crippen molar-refractivity contribution in [1.82, 2.24) is 4.98 Å². The van der Waals surface area contributed by atoms with E-state index in [0.717, 1.165) is 22.3 Å². The molecular weight excluding hydrogens is 375 g/mol. The molecule has 1 aromatic carbocycles. The van der Waals surface area contributed by atoms with Crippen LogP contribution in [-0.4, -0.2) is 4.98 Å². The van der Waals surface area contributed by atoms with Crippen molar-refractivity contribution in [3.8, 4) is 0 Å². The second-order valence-electron chi connectivity index (χ2n) is 3.91. The number of thioether (sulfide) groups is 1. The van der Waals surface area contributed by atoms with Crippen LogP contribution in [0.15, 0.2) is 46.0 Å². The normalized spacial score (nSPS) is 11.7. The molecule has 0 saturated carbocycles. The number of rotatable bonds is 3. The average molecular weight is 383 g/mol. The summed E-state index contributed by atoms with van der Waals surface area (Å²) < 4.78 is 38.1. The first-order valence-electron chi connectivity index (χ1n) is 5.46. The van der Waals surface area contributed by atoms with Crippen molar-refractivity contribution in [2.24, 2.45) is 0 Å². The van der Waals surface area contributed by atoms with E-state index in [1.54, 1.807) is 6.07 Å². The van der Waals surface area contributed by atoms with Gasteiger partial charge in [-0.2, -0.15) is 13.2 Å². The van der Waals surface area contributed by atoms with Crippen LogP contribution in [0.3, 0.4) is 0 Å². The Balaban J connectivity index is 2.04. The fraction of sp³-hybridized carbons (Fsp3) is 0.154. The van der Waals surface area contributed by atoms with Gasteiger partial charge in [0, 0.05) is 21.4 Å². The second-order valence-corrected chi connectivity index (χ2v) is 6.23. The topological polar surface area (TPSA) is 12.9 Å². The van der Waals surface area contributed by atoms with Gasteiger partial charge in [0.1, 0.15) is 0 Å². The molecule has 0 radical (unpaired) electrons.